The molecular formula is C35H45N5O9S. The minimum absolute atomic E-state index is 0.00391. The first-order valence-electron chi connectivity index (χ1n) is 17.1. The van der Waals surface area contributed by atoms with Crippen LogP contribution >= 0.6 is 0 Å². The van der Waals surface area contributed by atoms with Crippen molar-refractivity contribution in [2.45, 2.75) is 94.2 Å². The lowest BCUT2D eigenvalue weighted by Gasteiger charge is -2.32. The maximum atomic E-state index is 14.3. The van der Waals surface area contributed by atoms with Gasteiger partial charge in [-0.25, -0.2) is 13.2 Å². The highest BCUT2D eigenvalue weighted by Gasteiger charge is 2.63. The summed E-state index contributed by atoms with van der Waals surface area (Å²) < 4.78 is 39.1. The zero-order valence-corrected chi connectivity index (χ0v) is 29.5. The van der Waals surface area contributed by atoms with Gasteiger partial charge in [-0.05, 0) is 68.7 Å². The molecule has 15 heteroatoms. The number of aromatic nitrogens is 1. The molecule has 0 unspecified atom stereocenters. The van der Waals surface area contributed by atoms with E-state index in [2.05, 4.69) is 20.3 Å². The number of carbonyl (C=O) groups excluding carboxylic acids is 3. The fraction of sp³-hybridized carbons (Fsp3) is 0.571. The minimum atomic E-state index is -4.00. The van der Waals surface area contributed by atoms with Gasteiger partial charge in [0.2, 0.25) is 33.6 Å². The summed E-state index contributed by atoms with van der Waals surface area (Å²) in [5.41, 5.74) is -1.54. The van der Waals surface area contributed by atoms with Crippen LogP contribution in [0.3, 0.4) is 0 Å². The van der Waals surface area contributed by atoms with Gasteiger partial charge in [-0.1, -0.05) is 44.2 Å². The Morgan fingerprint density at radius 1 is 1.14 bits per heavy atom. The standard InChI is InChI=1S/C35H45N5O9S/c1-20-9-5-7-11-23-18-35(23,32(43)39-50(46,47)34(3)13-14-34)38-29(41)26-17-24(19-40(26)31(42)28(21(2)15-20)37-33(44)45)49-30-25-12-8-6-10-22(25)16-27(36-30)48-4/h6-8,10-12,16,20-21,23-24,26,28,37H,5,9,13-15,17-19H2,1-4H3,(H,38,41)(H,39,43)(H,44,45)/t20-,21-,23-,24-,26+,28+,35-/m1/s1. The maximum Gasteiger partial charge on any atom is 0.405 e. The first-order chi connectivity index (χ1) is 23.7. The molecule has 270 valence electrons. The van der Waals surface area contributed by atoms with Gasteiger partial charge in [-0.2, -0.15) is 4.98 Å². The molecule has 0 bridgehead atoms. The normalized spacial score (nSPS) is 30.9. The number of carbonyl (C=O) groups is 4. The van der Waals surface area contributed by atoms with Crippen molar-refractivity contribution >= 4 is 44.6 Å². The highest BCUT2D eigenvalue weighted by Crippen LogP contribution is 2.47. The molecule has 1 aromatic carbocycles. The van der Waals surface area contributed by atoms with Crippen LogP contribution in [0, 0.1) is 17.8 Å². The van der Waals surface area contributed by atoms with E-state index in [-0.39, 0.29) is 31.2 Å². The van der Waals surface area contributed by atoms with E-state index in [1.54, 1.807) is 13.0 Å². The molecule has 2 aliphatic heterocycles. The molecule has 3 fully saturated rings. The van der Waals surface area contributed by atoms with Crippen LogP contribution < -0.4 is 24.8 Å². The number of methoxy groups -OCH3 is 1. The molecule has 1 saturated heterocycles. The number of pyridine rings is 1. The molecule has 2 aromatic rings. The molecule has 3 heterocycles. The van der Waals surface area contributed by atoms with Gasteiger partial charge >= 0.3 is 6.09 Å². The fourth-order valence-electron chi connectivity index (χ4n) is 7.23. The van der Waals surface area contributed by atoms with Gasteiger partial charge in [0.05, 0.1) is 18.4 Å². The lowest BCUT2D eigenvalue weighted by molar-refractivity contribution is -0.142. The lowest BCUT2D eigenvalue weighted by Crippen LogP contribution is -2.59. The number of sulfonamides is 1. The lowest BCUT2D eigenvalue weighted by atomic mass is 9.88. The SMILES string of the molecule is COc1cc2ccccc2c(O[C@@H]2C[C@H]3C(=O)N[C@]4(C(=O)NS(=O)(=O)C5(C)CC5)C[C@H]4C=CCC[C@@H](C)C[C@@H](C)[C@H](NC(=O)O)C(=O)N3C2)n1. The summed E-state index contributed by atoms with van der Waals surface area (Å²) in [7, 11) is -2.51. The van der Waals surface area contributed by atoms with Crippen molar-refractivity contribution in [1.82, 2.24) is 25.2 Å². The number of nitrogens with one attached hydrogen (secondary N) is 3. The first kappa shape index (κ1) is 35.4. The molecule has 1 aromatic heterocycles. The molecule has 14 nitrogen and oxygen atoms in total. The van der Waals surface area contributed by atoms with Crippen molar-refractivity contribution < 1.29 is 42.2 Å². The van der Waals surface area contributed by atoms with E-state index in [1.165, 1.54) is 12.0 Å². The Hall–Kier alpha value is -4.40. The topological polar surface area (TPSA) is 193 Å². The van der Waals surface area contributed by atoms with Crippen LogP contribution in [-0.2, 0) is 24.4 Å². The Balaban J connectivity index is 1.35. The number of fused-ring (bicyclic) bond motifs is 3. The molecule has 4 N–H and O–H groups in total. The van der Waals surface area contributed by atoms with E-state index < -0.39 is 74.1 Å². The number of ether oxygens (including phenoxy) is 2. The third-order valence-corrected chi connectivity index (χ3v) is 12.9. The number of hydrogen-bond acceptors (Lipinski definition) is 9. The quantitative estimate of drug-likeness (QED) is 0.310. The second-order valence-electron chi connectivity index (χ2n) is 14.6. The second-order valence-corrected chi connectivity index (χ2v) is 16.8. The van der Waals surface area contributed by atoms with Gasteiger partial charge in [0, 0.05) is 23.8 Å². The Labute approximate surface area is 291 Å². The monoisotopic (exact) mass is 711 g/mol. The van der Waals surface area contributed by atoms with Gasteiger partial charge in [-0.3, -0.25) is 19.1 Å². The molecule has 50 heavy (non-hydrogen) atoms. The molecule has 2 aliphatic carbocycles. The average molecular weight is 712 g/mol. The summed E-state index contributed by atoms with van der Waals surface area (Å²) in [6, 6.07) is 6.84. The summed E-state index contributed by atoms with van der Waals surface area (Å²) in [6.45, 7) is 5.34. The van der Waals surface area contributed by atoms with E-state index in [0.717, 1.165) is 11.8 Å². The first-order valence-corrected chi connectivity index (χ1v) is 18.6. The smallest absolute Gasteiger partial charge is 0.405 e. The zero-order chi connectivity index (χ0) is 36.0. The maximum absolute atomic E-state index is 14.3. The Kier molecular flexibility index (Phi) is 9.48. The number of allylic oxidation sites excluding steroid dienone is 1. The second kappa shape index (κ2) is 13.4. The molecule has 4 aliphatic rings. The number of amides is 4. The molecule has 4 amide bonds. The van der Waals surface area contributed by atoms with Crippen LogP contribution in [-0.4, -0.2) is 89.4 Å². The zero-order valence-electron chi connectivity index (χ0n) is 28.7. The molecule has 6 rings (SSSR count). The van der Waals surface area contributed by atoms with Gasteiger partial charge in [0.15, 0.2) is 0 Å². The average Bonchev–Trinajstić information content (AvgIpc) is 3.95. The van der Waals surface area contributed by atoms with Crippen LogP contribution in [0.25, 0.3) is 10.8 Å². The molecular weight excluding hydrogens is 666 g/mol. The van der Waals surface area contributed by atoms with Gasteiger partial charge in [0.1, 0.15) is 23.7 Å². The third-order valence-electron chi connectivity index (χ3n) is 10.7. The van der Waals surface area contributed by atoms with Crippen LogP contribution in [0.4, 0.5) is 4.79 Å². The van der Waals surface area contributed by atoms with Gasteiger partial charge in [0.25, 0.3) is 5.91 Å². The van der Waals surface area contributed by atoms with E-state index >= 15 is 0 Å². The van der Waals surface area contributed by atoms with Gasteiger partial charge < -0.3 is 30.1 Å². The van der Waals surface area contributed by atoms with Crippen LogP contribution in [0.15, 0.2) is 42.5 Å². The Morgan fingerprint density at radius 2 is 1.88 bits per heavy atom. The van der Waals surface area contributed by atoms with Crippen LogP contribution in [0.1, 0.15) is 65.7 Å². The van der Waals surface area contributed by atoms with Crippen molar-refractivity contribution in [3.8, 4) is 11.8 Å². The summed E-state index contributed by atoms with van der Waals surface area (Å²) in [5, 5.41) is 16.5. The fourth-order valence-corrected chi connectivity index (χ4v) is 8.54. The molecule has 7 atom stereocenters. The van der Waals surface area contributed by atoms with E-state index in [1.807, 2.05) is 50.3 Å². The van der Waals surface area contributed by atoms with Crippen molar-refractivity contribution in [2.75, 3.05) is 13.7 Å². The number of hydrogen-bond donors (Lipinski definition) is 4. The summed E-state index contributed by atoms with van der Waals surface area (Å²) in [5.74, 6) is -2.27. The minimum Gasteiger partial charge on any atom is -0.481 e. The van der Waals surface area contributed by atoms with Crippen LogP contribution in [0.5, 0.6) is 11.8 Å². The largest absolute Gasteiger partial charge is 0.481 e. The molecule has 0 radical (unpaired) electrons. The molecule has 2 saturated carbocycles. The number of benzene rings is 1. The van der Waals surface area contributed by atoms with Gasteiger partial charge in [-0.15, -0.1) is 0 Å². The van der Waals surface area contributed by atoms with E-state index in [9.17, 15) is 32.7 Å². The van der Waals surface area contributed by atoms with Crippen LogP contribution in [0.2, 0.25) is 0 Å². The van der Waals surface area contributed by atoms with E-state index in [0.29, 0.717) is 36.9 Å². The number of rotatable bonds is 7. The third kappa shape index (κ3) is 6.96. The molecule has 0 spiro atoms. The Morgan fingerprint density at radius 3 is 2.58 bits per heavy atom. The number of nitrogens with zero attached hydrogens (tertiary/aromatic N) is 2. The van der Waals surface area contributed by atoms with E-state index in [4.69, 9.17) is 9.47 Å². The highest BCUT2D eigenvalue weighted by atomic mass is 32.2. The Bertz CT molecular complexity index is 1830. The highest BCUT2D eigenvalue weighted by molar-refractivity contribution is 7.91. The predicted molar refractivity (Wildman–Crippen MR) is 183 cm³/mol. The predicted octanol–water partition coefficient (Wildman–Crippen LogP) is 3.11. The summed E-state index contributed by atoms with van der Waals surface area (Å²) in [4.78, 5) is 60.2. The number of carboxylic acid groups (broad SMARTS) is 1. The van der Waals surface area contributed by atoms with Crippen molar-refractivity contribution in [1.29, 1.82) is 0 Å². The van der Waals surface area contributed by atoms with Crippen molar-refractivity contribution in [3.05, 3.63) is 42.5 Å². The van der Waals surface area contributed by atoms with Crippen molar-refractivity contribution in [2.24, 2.45) is 17.8 Å². The summed E-state index contributed by atoms with van der Waals surface area (Å²) >= 11 is 0. The summed E-state index contributed by atoms with van der Waals surface area (Å²) in [6.07, 6.45) is 4.64. The van der Waals surface area contributed by atoms with Crippen molar-refractivity contribution in [3.63, 3.8) is 0 Å².